The summed E-state index contributed by atoms with van der Waals surface area (Å²) >= 11 is 0. The van der Waals surface area contributed by atoms with E-state index in [2.05, 4.69) is 48.4 Å². The zero-order valence-electron chi connectivity index (χ0n) is 50.0. The molecule has 0 aliphatic heterocycles. The number of fused-ring (bicyclic) bond motifs is 5. The molecule has 3 nitrogen and oxygen atoms in total. The van der Waals surface area contributed by atoms with Crippen LogP contribution in [0, 0.1) is 34.9 Å². The van der Waals surface area contributed by atoms with E-state index in [0.717, 1.165) is 67.8 Å². The van der Waals surface area contributed by atoms with Crippen LogP contribution in [0.2, 0.25) is 0 Å². The van der Waals surface area contributed by atoms with E-state index in [1.54, 1.807) is 36.4 Å². The van der Waals surface area contributed by atoms with Crippen LogP contribution in [0.25, 0.3) is 51.1 Å². The molecule has 450 valence electrons. The molecule has 0 spiro atoms. The summed E-state index contributed by atoms with van der Waals surface area (Å²) in [7, 11) is 0. The lowest BCUT2D eigenvalue weighted by molar-refractivity contribution is 0.480. The highest BCUT2D eigenvalue weighted by molar-refractivity contribution is 5.93. The highest BCUT2D eigenvalue weighted by Crippen LogP contribution is 2.61. The van der Waals surface area contributed by atoms with E-state index >= 15 is 26.3 Å². The van der Waals surface area contributed by atoms with Crippen molar-refractivity contribution in [1.29, 1.82) is 0 Å². The van der Waals surface area contributed by atoms with Gasteiger partial charge in [0.1, 0.15) is 34.6 Å². The topological polar surface area (TPSA) is 21.7 Å². The van der Waals surface area contributed by atoms with Crippen molar-refractivity contribution in [2.75, 3.05) is 4.90 Å². The Kier molecular flexibility index (Phi) is 14.6. The Morgan fingerprint density at radius 3 is 1.34 bits per heavy atom. The van der Waals surface area contributed by atoms with Crippen LogP contribution < -0.4 is 14.4 Å². The first-order valence-electron chi connectivity index (χ1n) is 30.6. The third-order valence-electron chi connectivity index (χ3n) is 18.4. The van der Waals surface area contributed by atoms with Crippen LogP contribution in [-0.4, -0.2) is 0 Å². The molecular formula is C84H55F6NO2. The molecule has 0 heterocycles. The van der Waals surface area contributed by atoms with Crippen molar-refractivity contribution in [2.45, 2.75) is 23.7 Å². The molecule has 3 aliphatic carbocycles. The van der Waals surface area contributed by atoms with E-state index in [1.165, 1.54) is 0 Å². The summed E-state index contributed by atoms with van der Waals surface area (Å²) in [4.78, 5) is 2.06. The summed E-state index contributed by atoms with van der Waals surface area (Å²) in [5.41, 5.74) is 11.2. The van der Waals surface area contributed by atoms with Crippen LogP contribution in [0.3, 0.4) is 0 Å². The molecule has 2 atom stereocenters. The molecule has 12 aromatic carbocycles. The Bertz CT molecular complexity index is 5000. The molecule has 0 aromatic heterocycles. The van der Waals surface area contributed by atoms with E-state index in [4.69, 9.17) is 9.47 Å². The van der Waals surface area contributed by atoms with Crippen LogP contribution in [0.4, 0.5) is 43.4 Å². The van der Waals surface area contributed by atoms with E-state index in [1.807, 2.05) is 194 Å². The molecule has 9 heteroatoms. The minimum atomic E-state index is -1.61. The number of allylic oxidation sites excluding steroid dienone is 4. The summed E-state index contributed by atoms with van der Waals surface area (Å²) in [6.45, 7) is 7.72. The molecular weight excluding hydrogens is 1170 g/mol. The zero-order chi connectivity index (χ0) is 63.5. The van der Waals surface area contributed by atoms with Crippen LogP contribution >= 0.6 is 0 Å². The van der Waals surface area contributed by atoms with Crippen molar-refractivity contribution >= 4 is 34.8 Å². The molecule has 0 bridgehead atoms. The monoisotopic (exact) mass is 1220 g/mol. The van der Waals surface area contributed by atoms with Crippen LogP contribution in [0.5, 0.6) is 23.0 Å². The van der Waals surface area contributed by atoms with Gasteiger partial charge in [-0.05, 0) is 205 Å². The first-order valence-corrected chi connectivity index (χ1v) is 30.6. The van der Waals surface area contributed by atoms with Crippen molar-refractivity contribution < 1.29 is 35.8 Å². The number of benzene rings is 12. The van der Waals surface area contributed by atoms with E-state index in [9.17, 15) is 0 Å². The van der Waals surface area contributed by atoms with Crippen molar-refractivity contribution in [3.8, 4) is 56.4 Å². The maximum atomic E-state index is 17.4. The number of hydrogen-bond donors (Lipinski definition) is 0. The van der Waals surface area contributed by atoms with Gasteiger partial charge in [-0.3, -0.25) is 0 Å². The van der Waals surface area contributed by atoms with Gasteiger partial charge in [0.25, 0.3) is 0 Å². The number of halogens is 6. The average molecular weight is 1220 g/mol. The summed E-state index contributed by atoms with van der Waals surface area (Å²) in [6.07, 6.45) is 8.74. The predicted molar refractivity (Wildman–Crippen MR) is 360 cm³/mol. The van der Waals surface area contributed by atoms with E-state index in [0.29, 0.717) is 98.4 Å². The van der Waals surface area contributed by atoms with Gasteiger partial charge in [-0.2, -0.15) is 0 Å². The normalized spacial score (nSPS) is 15.8. The van der Waals surface area contributed by atoms with Crippen molar-refractivity contribution in [2.24, 2.45) is 0 Å². The second kappa shape index (κ2) is 23.4. The molecule has 12 aromatic rings. The lowest BCUT2D eigenvalue weighted by atomic mass is 9.66. The number of anilines is 3. The van der Waals surface area contributed by atoms with Gasteiger partial charge in [-0.15, -0.1) is 0 Å². The van der Waals surface area contributed by atoms with Crippen LogP contribution in [0.1, 0.15) is 68.5 Å². The van der Waals surface area contributed by atoms with Crippen LogP contribution in [0.15, 0.2) is 292 Å². The second-order valence-corrected chi connectivity index (χ2v) is 23.5. The fourth-order valence-corrected chi connectivity index (χ4v) is 14.1. The molecule has 2 unspecified atom stereocenters. The fraction of sp³-hybridized carbons (Fsp3) is 0.0476. The molecule has 0 N–H and O–H groups in total. The lowest BCUT2D eigenvalue weighted by Crippen LogP contribution is -2.31. The Hall–Kier alpha value is -11.4. The Morgan fingerprint density at radius 2 is 0.785 bits per heavy atom. The first-order chi connectivity index (χ1) is 45.4. The minimum absolute atomic E-state index is 0.0886. The standard InChI is InChI=1S/C84H55F6NO2/c1-3-52-21-35-63(36-22-52)92-65-39-27-58(28-40-65)83(75-48-79(87)81(89)50-77(75)85)71-19-10-8-17-67(71)69-43-33-61(46-73(69)83)91(60-31-25-55(26-32-60)57-16-12-15-56(45-57)54-13-6-5-7-14-54)62-34-44-70-68-18-9-11-20-72(68)84(74(70)47-62,76-49-80(88)82(90)51-78(76)86)59-29-41-66(42-30-59)93-64-37-23-53(4-2)24-38-64/h3-8,10-17,19-51H,1-2,9,18H2. The number of hydrogen-bond acceptors (Lipinski definition) is 3. The quantitative estimate of drug-likeness (QED) is 0.0754. The third-order valence-corrected chi connectivity index (χ3v) is 18.4. The number of nitrogens with zero attached hydrogens (tertiary/aromatic N) is 1. The molecule has 3 aliphatic rings. The Morgan fingerprint density at radius 1 is 0.344 bits per heavy atom. The van der Waals surface area contributed by atoms with Gasteiger partial charge in [-0.1, -0.05) is 183 Å². The Balaban J connectivity index is 0.951. The second-order valence-electron chi connectivity index (χ2n) is 23.5. The maximum absolute atomic E-state index is 17.4. The molecule has 0 saturated heterocycles. The highest BCUT2D eigenvalue weighted by atomic mass is 19.2. The summed E-state index contributed by atoms with van der Waals surface area (Å²) in [6, 6.07) is 78.7. The minimum Gasteiger partial charge on any atom is -0.457 e. The molecule has 0 saturated carbocycles. The first kappa shape index (κ1) is 58.0. The maximum Gasteiger partial charge on any atom is 0.161 e. The van der Waals surface area contributed by atoms with Gasteiger partial charge in [0.2, 0.25) is 0 Å². The van der Waals surface area contributed by atoms with Crippen molar-refractivity contribution in [3.63, 3.8) is 0 Å². The van der Waals surface area contributed by atoms with Gasteiger partial charge in [0.05, 0.1) is 10.8 Å². The summed E-state index contributed by atoms with van der Waals surface area (Å²) < 4.78 is 111. The smallest absolute Gasteiger partial charge is 0.161 e. The molecule has 0 amide bonds. The number of rotatable bonds is 15. The van der Waals surface area contributed by atoms with E-state index in [-0.39, 0.29) is 11.1 Å². The summed E-state index contributed by atoms with van der Waals surface area (Å²) in [5, 5.41) is 0. The van der Waals surface area contributed by atoms with Crippen molar-refractivity contribution in [1.82, 2.24) is 0 Å². The molecule has 93 heavy (non-hydrogen) atoms. The SMILES string of the molecule is C=Cc1ccc(Oc2ccc(C3(c4cc(F)c(F)cc4F)C4=C(CCC=C4)c4ccc(N(c5ccc(-c6cccc(-c7ccccc7)c6)cc5)c5ccc6c(c5)C(c5ccc(Oc7ccc(C=C)cc7)cc5)(c5cc(F)c(F)cc5F)c5ccccc5-6)cc43)cc2)cc1. The van der Waals surface area contributed by atoms with Gasteiger partial charge in [-0.25, -0.2) is 26.3 Å². The third kappa shape index (κ3) is 9.87. The van der Waals surface area contributed by atoms with Gasteiger partial charge >= 0.3 is 0 Å². The van der Waals surface area contributed by atoms with Gasteiger partial charge < -0.3 is 14.4 Å². The fourth-order valence-electron chi connectivity index (χ4n) is 14.1. The molecule has 0 radical (unpaired) electrons. The predicted octanol–water partition coefficient (Wildman–Crippen LogP) is 23.0. The van der Waals surface area contributed by atoms with Crippen LogP contribution in [-0.2, 0) is 10.8 Å². The summed E-state index contributed by atoms with van der Waals surface area (Å²) in [5.74, 6) is -4.86. The van der Waals surface area contributed by atoms with Crippen molar-refractivity contribution in [3.05, 3.63) is 382 Å². The largest absolute Gasteiger partial charge is 0.457 e. The molecule has 15 rings (SSSR count). The van der Waals surface area contributed by atoms with Gasteiger partial charge in [0, 0.05) is 40.3 Å². The average Bonchev–Trinajstić information content (AvgIpc) is 1.59. The van der Waals surface area contributed by atoms with Gasteiger partial charge in [0.15, 0.2) is 23.3 Å². The Labute approximate surface area is 535 Å². The zero-order valence-corrected chi connectivity index (χ0v) is 50.0. The highest BCUT2D eigenvalue weighted by Gasteiger charge is 2.51. The number of ether oxygens (including phenoxy) is 2. The van der Waals surface area contributed by atoms with E-state index < -0.39 is 45.7 Å². The lowest BCUT2D eigenvalue weighted by Gasteiger charge is -2.37. The molecule has 0 fully saturated rings.